The number of ether oxygens (including phenoxy) is 2. The van der Waals surface area contributed by atoms with Crippen LogP contribution in [0.1, 0.15) is 27.7 Å². The third-order valence-corrected chi connectivity index (χ3v) is 3.36. The lowest BCUT2D eigenvalue weighted by Crippen LogP contribution is -2.53. The molecule has 0 saturated carbocycles. The van der Waals surface area contributed by atoms with Crippen molar-refractivity contribution < 1.29 is 23.9 Å². The first-order valence-corrected chi connectivity index (χ1v) is 6.16. The summed E-state index contributed by atoms with van der Waals surface area (Å²) in [5.41, 5.74) is -1.17. The van der Waals surface area contributed by atoms with Gasteiger partial charge in [-0.05, 0) is 27.7 Å². The maximum atomic E-state index is 12.4. The summed E-state index contributed by atoms with van der Waals surface area (Å²) in [5, 5.41) is 0. The molecule has 1 unspecified atom stereocenters. The fourth-order valence-electron chi connectivity index (χ4n) is 2.01. The number of likely N-dealkylation sites (N-methyl/N-ethyl adjacent to an activating group) is 1. The van der Waals surface area contributed by atoms with Crippen LogP contribution in [0.25, 0.3) is 0 Å². The number of hydrogen-bond donors (Lipinski definition) is 0. The van der Waals surface area contributed by atoms with Gasteiger partial charge in [0.15, 0.2) is 5.54 Å². The van der Waals surface area contributed by atoms with Gasteiger partial charge in [-0.15, -0.1) is 0 Å². The molecule has 0 aromatic rings. The second-order valence-electron chi connectivity index (χ2n) is 4.36. The van der Waals surface area contributed by atoms with Crippen LogP contribution in [0, 0.1) is 0 Å². The Labute approximate surface area is 112 Å². The summed E-state index contributed by atoms with van der Waals surface area (Å²) in [5.74, 6) is -1.95. The van der Waals surface area contributed by atoms with E-state index in [9.17, 15) is 14.4 Å². The fraction of sp³-hybridized carbons (Fsp3) is 0.615. The van der Waals surface area contributed by atoms with Crippen LogP contribution in [0.15, 0.2) is 11.3 Å². The van der Waals surface area contributed by atoms with Gasteiger partial charge in [-0.3, -0.25) is 4.79 Å². The number of carbonyl (C=O) groups excluding carboxylic acids is 3. The van der Waals surface area contributed by atoms with Gasteiger partial charge >= 0.3 is 11.9 Å². The van der Waals surface area contributed by atoms with E-state index in [0.717, 1.165) is 0 Å². The van der Waals surface area contributed by atoms with Crippen LogP contribution < -0.4 is 0 Å². The summed E-state index contributed by atoms with van der Waals surface area (Å²) in [6.07, 6.45) is 0. The number of esters is 2. The van der Waals surface area contributed by atoms with Gasteiger partial charge in [0.05, 0.1) is 13.2 Å². The van der Waals surface area contributed by atoms with Gasteiger partial charge in [0.25, 0.3) is 0 Å². The van der Waals surface area contributed by atoms with Crippen molar-refractivity contribution in [2.75, 3.05) is 20.3 Å². The van der Waals surface area contributed by atoms with E-state index in [0.29, 0.717) is 5.70 Å². The van der Waals surface area contributed by atoms with Crippen LogP contribution in [0.5, 0.6) is 0 Å². The second-order valence-corrected chi connectivity index (χ2v) is 4.36. The average molecular weight is 269 g/mol. The summed E-state index contributed by atoms with van der Waals surface area (Å²) >= 11 is 0. The fourth-order valence-corrected chi connectivity index (χ4v) is 2.01. The highest BCUT2D eigenvalue weighted by Gasteiger charge is 2.55. The topological polar surface area (TPSA) is 72.9 Å². The summed E-state index contributed by atoms with van der Waals surface area (Å²) in [6.45, 7) is 6.71. The molecule has 106 valence electrons. The lowest BCUT2D eigenvalue weighted by atomic mass is 9.94. The minimum absolute atomic E-state index is 0.0834. The monoisotopic (exact) mass is 269 g/mol. The Morgan fingerprint density at radius 1 is 1.21 bits per heavy atom. The standard InChI is InChI=1S/C13H19NO5/c1-6-18-11(16)9-8(3)14(5)13(4,10(9)15)12(17)19-7-2/h6-7H2,1-5H3. The van der Waals surface area contributed by atoms with Crippen LogP contribution in [-0.2, 0) is 23.9 Å². The van der Waals surface area contributed by atoms with Crippen molar-refractivity contribution in [2.45, 2.75) is 33.2 Å². The van der Waals surface area contributed by atoms with Crippen molar-refractivity contribution in [3.05, 3.63) is 11.3 Å². The smallest absolute Gasteiger partial charge is 0.343 e. The molecule has 19 heavy (non-hydrogen) atoms. The number of carbonyl (C=O) groups is 3. The predicted octanol–water partition coefficient (Wildman–Crippen LogP) is 0.660. The molecule has 0 aliphatic carbocycles. The maximum Gasteiger partial charge on any atom is 0.343 e. The summed E-state index contributed by atoms with van der Waals surface area (Å²) in [6, 6.07) is 0. The quantitative estimate of drug-likeness (QED) is 0.424. The largest absolute Gasteiger partial charge is 0.464 e. The Kier molecular flexibility index (Phi) is 4.34. The summed E-state index contributed by atoms with van der Waals surface area (Å²) in [7, 11) is 1.58. The Morgan fingerprint density at radius 2 is 1.74 bits per heavy atom. The van der Waals surface area contributed by atoms with E-state index >= 15 is 0 Å². The third-order valence-electron chi connectivity index (χ3n) is 3.36. The highest BCUT2D eigenvalue weighted by Crippen LogP contribution is 2.34. The molecule has 0 spiro atoms. The zero-order chi connectivity index (χ0) is 14.8. The minimum Gasteiger partial charge on any atom is -0.464 e. The maximum absolute atomic E-state index is 12.4. The molecule has 1 aliphatic heterocycles. The minimum atomic E-state index is -1.50. The van der Waals surface area contributed by atoms with Gasteiger partial charge in [-0.2, -0.15) is 0 Å². The van der Waals surface area contributed by atoms with Crippen LogP contribution in [0.2, 0.25) is 0 Å². The van der Waals surface area contributed by atoms with Crippen LogP contribution >= 0.6 is 0 Å². The molecule has 1 atom stereocenters. The molecule has 0 saturated heterocycles. The van der Waals surface area contributed by atoms with Gasteiger partial charge in [-0.25, -0.2) is 9.59 Å². The molecule has 0 aromatic heterocycles. The number of rotatable bonds is 4. The van der Waals surface area contributed by atoms with Crippen molar-refractivity contribution >= 4 is 17.7 Å². The number of hydrogen-bond acceptors (Lipinski definition) is 6. The van der Waals surface area contributed by atoms with Crippen molar-refractivity contribution in [2.24, 2.45) is 0 Å². The molecule has 0 bridgehead atoms. The molecule has 6 nitrogen and oxygen atoms in total. The lowest BCUT2D eigenvalue weighted by molar-refractivity contribution is -0.157. The first-order chi connectivity index (χ1) is 8.82. The van der Waals surface area contributed by atoms with E-state index in [-0.39, 0.29) is 18.8 Å². The Morgan fingerprint density at radius 3 is 2.21 bits per heavy atom. The molecule has 1 rings (SSSR count). The molecule has 0 aromatic carbocycles. The molecular formula is C13H19NO5. The number of Topliss-reactive ketones (excluding diaryl/α,β-unsaturated/α-hetero) is 1. The van der Waals surface area contributed by atoms with Crippen LogP contribution in [-0.4, -0.2) is 48.4 Å². The molecule has 1 aliphatic rings. The molecule has 0 amide bonds. The third kappa shape index (κ3) is 2.22. The Hall–Kier alpha value is -1.85. The molecule has 0 radical (unpaired) electrons. The van der Waals surface area contributed by atoms with Crippen molar-refractivity contribution in [1.29, 1.82) is 0 Å². The Balaban J connectivity index is 3.16. The average Bonchev–Trinajstić information content (AvgIpc) is 2.53. The molecule has 1 heterocycles. The van der Waals surface area contributed by atoms with Crippen molar-refractivity contribution in [1.82, 2.24) is 4.90 Å². The number of ketones is 1. The SMILES string of the molecule is CCOC(=O)C1=C(C)N(C)C(C)(C(=O)OCC)C1=O. The zero-order valence-electron chi connectivity index (χ0n) is 11.9. The lowest BCUT2D eigenvalue weighted by Gasteiger charge is -2.30. The first kappa shape index (κ1) is 15.2. The molecule has 6 heteroatoms. The predicted molar refractivity (Wildman–Crippen MR) is 67.1 cm³/mol. The van der Waals surface area contributed by atoms with Gasteiger partial charge in [0.2, 0.25) is 5.78 Å². The number of allylic oxidation sites excluding steroid dienone is 1. The molecule has 0 N–H and O–H groups in total. The normalized spacial score (nSPS) is 22.8. The van der Waals surface area contributed by atoms with E-state index in [4.69, 9.17) is 9.47 Å². The van der Waals surface area contributed by atoms with E-state index in [2.05, 4.69) is 0 Å². The van der Waals surface area contributed by atoms with Gasteiger partial charge in [-0.1, -0.05) is 0 Å². The highest BCUT2D eigenvalue weighted by molar-refractivity contribution is 6.29. The first-order valence-electron chi connectivity index (χ1n) is 6.16. The van der Waals surface area contributed by atoms with E-state index in [1.165, 1.54) is 11.8 Å². The van der Waals surface area contributed by atoms with Gasteiger partial charge in [0, 0.05) is 12.7 Å². The van der Waals surface area contributed by atoms with Crippen molar-refractivity contribution in [3.8, 4) is 0 Å². The van der Waals surface area contributed by atoms with Gasteiger partial charge < -0.3 is 14.4 Å². The van der Waals surface area contributed by atoms with Crippen LogP contribution in [0.3, 0.4) is 0 Å². The second kappa shape index (κ2) is 5.42. The molecule has 0 fully saturated rings. The zero-order valence-corrected chi connectivity index (χ0v) is 11.9. The Bertz CT molecular complexity index is 454. The molecular weight excluding hydrogens is 250 g/mol. The summed E-state index contributed by atoms with van der Waals surface area (Å²) in [4.78, 5) is 37.6. The number of nitrogens with zero attached hydrogens (tertiary/aromatic N) is 1. The van der Waals surface area contributed by atoms with E-state index in [1.807, 2.05) is 0 Å². The van der Waals surface area contributed by atoms with E-state index < -0.39 is 23.3 Å². The highest BCUT2D eigenvalue weighted by atomic mass is 16.5. The summed E-state index contributed by atoms with van der Waals surface area (Å²) < 4.78 is 9.78. The van der Waals surface area contributed by atoms with E-state index in [1.54, 1.807) is 27.8 Å². The van der Waals surface area contributed by atoms with Crippen LogP contribution in [0.4, 0.5) is 0 Å². The van der Waals surface area contributed by atoms with Gasteiger partial charge in [0.1, 0.15) is 5.57 Å². The van der Waals surface area contributed by atoms with Crippen molar-refractivity contribution in [3.63, 3.8) is 0 Å².